The van der Waals surface area contributed by atoms with Crippen molar-refractivity contribution in [2.45, 2.75) is 57.6 Å². The molecule has 2 atom stereocenters. The number of hydrogen-bond acceptors (Lipinski definition) is 4. The van der Waals surface area contributed by atoms with Gasteiger partial charge in [-0.2, -0.15) is 0 Å². The zero-order valence-electron chi connectivity index (χ0n) is 15.7. The van der Waals surface area contributed by atoms with E-state index in [1.54, 1.807) is 0 Å². The zero-order valence-corrected chi connectivity index (χ0v) is 15.7. The lowest BCUT2D eigenvalue weighted by molar-refractivity contribution is 0.0500. The lowest BCUT2D eigenvalue weighted by Gasteiger charge is -2.21. The summed E-state index contributed by atoms with van der Waals surface area (Å²) in [6, 6.07) is 11.3. The van der Waals surface area contributed by atoms with E-state index in [1.165, 1.54) is 24.8 Å². The van der Waals surface area contributed by atoms with Crippen molar-refractivity contribution in [3.8, 4) is 0 Å². The van der Waals surface area contributed by atoms with Crippen molar-refractivity contribution in [3.05, 3.63) is 35.9 Å². The molecule has 140 valence electrons. The molecule has 0 saturated heterocycles. The van der Waals surface area contributed by atoms with Gasteiger partial charge in [-0.3, -0.25) is 0 Å². The van der Waals surface area contributed by atoms with Crippen LogP contribution >= 0.6 is 0 Å². The molecule has 0 aliphatic heterocycles. The monoisotopic (exact) mass is 348 g/mol. The number of ether oxygens (including phenoxy) is 2. The topological polar surface area (TPSA) is 59.6 Å². The molecule has 2 N–H and O–H groups in total. The molecule has 0 heterocycles. The third-order valence-corrected chi connectivity index (χ3v) is 4.31. The first-order chi connectivity index (χ1) is 12.0. The fraction of sp³-hybridized carbons (Fsp3) is 0.650. The summed E-state index contributed by atoms with van der Waals surface area (Å²) >= 11 is 0. The van der Waals surface area contributed by atoms with E-state index in [9.17, 15) is 4.79 Å². The van der Waals surface area contributed by atoms with E-state index < -0.39 is 11.7 Å². The molecular formula is C20H32N2O3. The van der Waals surface area contributed by atoms with Gasteiger partial charge in [-0.05, 0) is 45.1 Å². The Morgan fingerprint density at radius 1 is 1.12 bits per heavy atom. The predicted molar refractivity (Wildman–Crippen MR) is 99.9 cm³/mol. The second-order valence-electron chi connectivity index (χ2n) is 7.55. The van der Waals surface area contributed by atoms with Crippen molar-refractivity contribution in [1.29, 1.82) is 0 Å². The smallest absolute Gasteiger partial charge is 0.407 e. The lowest BCUT2D eigenvalue weighted by Crippen LogP contribution is -2.35. The Hall–Kier alpha value is -1.59. The van der Waals surface area contributed by atoms with Gasteiger partial charge in [-0.15, -0.1) is 0 Å². The minimum absolute atomic E-state index is 0.397. The summed E-state index contributed by atoms with van der Waals surface area (Å²) in [6.45, 7) is 7.98. The summed E-state index contributed by atoms with van der Waals surface area (Å²) in [5, 5.41) is 6.32. The summed E-state index contributed by atoms with van der Waals surface area (Å²) in [5.74, 6) is 0.607. The average Bonchev–Trinajstić information content (AvgIpc) is 3.01. The summed E-state index contributed by atoms with van der Waals surface area (Å²) < 4.78 is 10.8. The Morgan fingerprint density at radius 3 is 2.56 bits per heavy atom. The van der Waals surface area contributed by atoms with Crippen molar-refractivity contribution in [2.24, 2.45) is 0 Å². The molecule has 1 aliphatic carbocycles. The molecule has 0 spiro atoms. The SMILES string of the molecule is CC(C)(C)OC(=O)NCCOCCNC1CCCC1c1ccccc1. The van der Waals surface area contributed by atoms with Crippen LogP contribution in [0.2, 0.25) is 0 Å². The highest BCUT2D eigenvalue weighted by Crippen LogP contribution is 2.34. The second kappa shape index (κ2) is 9.78. The summed E-state index contributed by atoms with van der Waals surface area (Å²) in [4.78, 5) is 11.5. The zero-order chi connectivity index (χ0) is 18.1. The third kappa shape index (κ3) is 7.45. The van der Waals surface area contributed by atoms with Crippen molar-refractivity contribution in [1.82, 2.24) is 10.6 Å². The molecular weight excluding hydrogens is 316 g/mol. The third-order valence-electron chi connectivity index (χ3n) is 4.31. The van der Waals surface area contributed by atoms with Gasteiger partial charge in [-0.1, -0.05) is 36.8 Å². The maximum Gasteiger partial charge on any atom is 0.407 e. The average molecular weight is 348 g/mol. The standard InChI is InChI=1S/C20H32N2O3/c1-20(2,3)25-19(23)22-13-15-24-14-12-21-18-11-7-10-17(18)16-8-5-4-6-9-16/h4-6,8-9,17-18,21H,7,10-15H2,1-3H3,(H,22,23). The highest BCUT2D eigenvalue weighted by molar-refractivity contribution is 5.67. The molecule has 5 heteroatoms. The van der Waals surface area contributed by atoms with Crippen LogP contribution in [0.4, 0.5) is 4.79 Å². The summed E-state index contributed by atoms with van der Waals surface area (Å²) in [7, 11) is 0. The Balaban J connectivity index is 1.55. The van der Waals surface area contributed by atoms with Crippen LogP contribution in [0, 0.1) is 0 Å². The van der Waals surface area contributed by atoms with Crippen LogP contribution in [-0.4, -0.2) is 44.0 Å². The molecule has 1 aliphatic rings. The molecule has 0 aromatic heterocycles. The minimum Gasteiger partial charge on any atom is -0.444 e. The van der Waals surface area contributed by atoms with E-state index >= 15 is 0 Å². The van der Waals surface area contributed by atoms with Crippen LogP contribution in [0.5, 0.6) is 0 Å². The van der Waals surface area contributed by atoms with Gasteiger partial charge in [0.05, 0.1) is 13.2 Å². The molecule has 0 bridgehead atoms. The van der Waals surface area contributed by atoms with Crippen LogP contribution < -0.4 is 10.6 Å². The molecule has 1 fully saturated rings. The Morgan fingerprint density at radius 2 is 1.84 bits per heavy atom. The molecule has 2 rings (SSSR count). The van der Waals surface area contributed by atoms with Crippen LogP contribution in [0.15, 0.2) is 30.3 Å². The minimum atomic E-state index is -0.467. The highest BCUT2D eigenvalue weighted by atomic mass is 16.6. The van der Waals surface area contributed by atoms with Crippen LogP contribution in [0.1, 0.15) is 51.5 Å². The van der Waals surface area contributed by atoms with Crippen molar-refractivity contribution in [2.75, 3.05) is 26.3 Å². The molecule has 0 radical (unpaired) electrons. The number of benzene rings is 1. The maximum atomic E-state index is 11.5. The van der Waals surface area contributed by atoms with E-state index in [2.05, 4.69) is 41.0 Å². The summed E-state index contributed by atoms with van der Waals surface area (Å²) in [6.07, 6.45) is 3.35. The van der Waals surface area contributed by atoms with Gasteiger partial charge < -0.3 is 20.1 Å². The molecule has 1 saturated carbocycles. The largest absolute Gasteiger partial charge is 0.444 e. The Labute approximate surface area is 151 Å². The first-order valence-corrected chi connectivity index (χ1v) is 9.28. The molecule has 1 amide bonds. The Kier molecular flexibility index (Phi) is 7.72. The molecule has 2 unspecified atom stereocenters. The van der Waals surface area contributed by atoms with Crippen LogP contribution in [0.3, 0.4) is 0 Å². The first-order valence-electron chi connectivity index (χ1n) is 9.28. The van der Waals surface area contributed by atoms with Crippen molar-refractivity contribution >= 4 is 6.09 Å². The normalized spacial score (nSPS) is 20.4. The van der Waals surface area contributed by atoms with Gasteiger partial charge in [0.1, 0.15) is 5.60 Å². The van der Waals surface area contributed by atoms with Crippen LogP contribution in [-0.2, 0) is 9.47 Å². The molecule has 1 aromatic rings. The van der Waals surface area contributed by atoms with E-state index in [0.29, 0.717) is 31.7 Å². The number of carbonyl (C=O) groups excluding carboxylic acids is 1. The van der Waals surface area contributed by atoms with Crippen LogP contribution in [0.25, 0.3) is 0 Å². The van der Waals surface area contributed by atoms with E-state index in [0.717, 1.165) is 6.54 Å². The van der Waals surface area contributed by atoms with Gasteiger partial charge in [0.2, 0.25) is 0 Å². The number of carbonyl (C=O) groups is 1. The fourth-order valence-electron chi connectivity index (χ4n) is 3.26. The van der Waals surface area contributed by atoms with Gasteiger partial charge in [0.15, 0.2) is 0 Å². The molecule has 1 aromatic carbocycles. The van der Waals surface area contributed by atoms with E-state index in [1.807, 2.05) is 20.8 Å². The van der Waals surface area contributed by atoms with Gasteiger partial charge in [0.25, 0.3) is 0 Å². The number of alkyl carbamates (subject to hydrolysis) is 1. The van der Waals surface area contributed by atoms with Crippen molar-refractivity contribution < 1.29 is 14.3 Å². The first kappa shape index (κ1) is 19.7. The number of hydrogen-bond donors (Lipinski definition) is 2. The van der Waals surface area contributed by atoms with Crippen molar-refractivity contribution in [3.63, 3.8) is 0 Å². The number of rotatable bonds is 8. The quantitative estimate of drug-likeness (QED) is 0.707. The second-order valence-corrected chi connectivity index (χ2v) is 7.55. The van der Waals surface area contributed by atoms with E-state index in [4.69, 9.17) is 9.47 Å². The molecule has 25 heavy (non-hydrogen) atoms. The summed E-state index contributed by atoms with van der Waals surface area (Å²) in [5.41, 5.74) is 0.964. The maximum absolute atomic E-state index is 11.5. The highest BCUT2D eigenvalue weighted by Gasteiger charge is 2.27. The lowest BCUT2D eigenvalue weighted by atomic mass is 9.94. The van der Waals surface area contributed by atoms with Gasteiger partial charge in [0, 0.05) is 19.1 Å². The van der Waals surface area contributed by atoms with Gasteiger partial charge in [-0.25, -0.2) is 4.79 Å². The van der Waals surface area contributed by atoms with E-state index in [-0.39, 0.29) is 0 Å². The fourth-order valence-corrected chi connectivity index (χ4v) is 3.26. The number of amides is 1. The predicted octanol–water partition coefficient (Wildman–Crippen LogP) is 3.45. The molecule has 5 nitrogen and oxygen atoms in total. The van der Waals surface area contributed by atoms with Gasteiger partial charge >= 0.3 is 6.09 Å². The number of nitrogens with one attached hydrogen (secondary N) is 2. The Bertz CT molecular complexity index is 513.